The first-order valence-electron chi connectivity index (χ1n) is 5.05. The number of carbonyl (C=O) groups is 1. The Hall–Kier alpha value is -2.02. The van der Waals surface area contributed by atoms with Gasteiger partial charge in [0.25, 0.3) is 0 Å². The summed E-state index contributed by atoms with van der Waals surface area (Å²) in [5, 5.41) is 8.58. The molecule has 0 aromatic heterocycles. The van der Waals surface area contributed by atoms with Gasteiger partial charge in [0.05, 0.1) is 18.2 Å². The van der Waals surface area contributed by atoms with Crippen LogP contribution in [0.4, 0.5) is 0 Å². The van der Waals surface area contributed by atoms with Crippen LogP contribution in [0.15, 0.2) is 24.3 Å². The summed E-state index contributed by atoms with van der Waals surface area (Å²) in [5.74, 6) is 0.165. The zero-order valence-corrected chi connectivity index (χ0v) is 9.10. The number of hydrogen-bond donors (Lipinski definition) is 0. The van der Waals surface area contributed by atoms with E-state index < -0.39 is 0 Å². The third kappa shape index (κ3) is 4.01. The highest BCUT2D eigenvalue weighted by molar-refractivity contribution is 5.71. The number of esters is 1. The van der Waals surface area contributed by atoms with Crippen LogP contribution in [-0.4, -0.2) is 19.2 Å². The van der Waals surface area contributed by atoms with Crippen molar-refractivity contribution in [3.05, 3.63) is 29.8 Å². The highest BCUT2D eigenvalue weighted by Crippen LogP contribution is 2.11. The van der Waals surface area contributed by atoms with Gasteiger partial charge in [-0.25, -0.2) is 4.79 Å². The molecule has 0 atom stereocenters. The van der Waals surface area contributed by atoms with E-state index in [1.165, 1.54) is 0 Å². The molecule has 4 nitrogen and oxygen atoms in total. The van der Waals surface area contributed by atoms with E-state index in [4.69, 9.17) is 14.7 Å². The Morgan fingerprint density at radius 3 is 2.62 bits per heavy atom. The molecule has 4 heteroatoms. The van der Waals surface area contributed by atoms with E-state index >= 15 is 0 Å². The van der Waals surface area contributed by atoms with Gasteiger partial charge in [0, 0.05) is 0 Å². The van der Waals surface area contributed by atoms with Crippen molar-refractivity contribution < 1.29 is 14.3 Å². The quantitative estimate of drug-likeness (QED) is 0.709. The smallest absolute Gasteiger partial charge is 0.344 e. The summed E-state index contributed by atoms with van der Waals surface area (Å²) in [5.41, 5.74) is 0.556. The van der Waals surface area contributed by atoms with Gasteiger partial charge in [0.2, 0.25) is 0 Å². The molecule has 0 unspecified atom stereocenters. The Labute approximate surface area is 94.4 Å². The summed E-state index contributed by atoms with van der Waals surface area (Å²) >= 11 is 0. The zero-order valence-electron chi connectivity index (χ0n) is 9.10. The number of nitrogens with zero attached hydrogens (tertiary/aromatic N) is 1. The minimum absolute atomic E-state index is 0.105. The number of nitriles is 1. The highest BCUT2D eigenvalue weighted by Gasteiger charge is 2.03. The number of hydrogen-bond acceptors (Lipinski definition) is 4. The third-order valence-electron chi connectivity index (χ3n) is 1.81. The lowest BCUT2D eigenvalue weighted by Crippen LogP contribution is -2.15. The molecular weight excluding hydrogens is 206 g/mol. The molecule has 0 fully saturated rings. The van der Waals surface area contributed by atoms with Crippen molar-refractivity contribution in [2.45, 2.75) is 13.3 Å². The van der Waals surface area contributed by atoms with Crippen LogP contribution in [0.3, 0.4) is 0 Å². The van der Waals surface area contributed by atoms with E-state index in [-0.39, 0.29) is 12.6 Å². The summed E-state index contributed by atoms with van der Waals surface area (Å²) < 4.78 is 10.0. The number of carbonyl (C=O) groups excluding carboxylic acids is 1. The molecule has 0 saturated heterocycles. The minimum Gasteiger partial charge on any atom is -0.482 e. The molecule has 0 aliphatic heterocycles. The summed E-state index contributed by atoms with van der Waals surface area (Å²) in [4.78, 5) is 11.1. The van der Waals surface area contributed by atoms with Crippen molar-refractivity contribution in [1.82, 2.24) is 0 Å². The Morgan fingerprint density at radius 1 is 1.38 bits per heavy atom. The maximum atomic E-state index is 11.1. The van der Waals surface area contributed by atoms with Gasteiger partial charge in [-0.15, -0.1) is 0 Å². The van der Waals surface area contributed by atoms with Gasteiger partial charge in [-0.2, -0.15) is 5.26 Å². The highest BCUT2D eigenvalue weighted by atomic mass is 16.6. The average molecular weight is 219 g/mol. The molecule has 16 heavy (non-hydrogen) atoms. The summed E-state index contributed by atoms with van der Waals surface area (Å²) in [6.45, 7) is 2.23. The van der Waals surface area contributed by atoms with Gasteiger partial charge in [-0.1, -0.05) is 6.92 Å². The van der Waals surface area contributed by atoms with Crippen molar-refractivity contribution in [2.75, 3.05) is 13.2 Å². The molecule has 0 aliphatic rings. The predicted octanol–water partition coefficient (Wildman–Crippen LogP) is 1.89. The van der Waals surface area contributed by atoms with Crippen LogP contribution in [0.1, 0.15) is 18.9 Å². The van der Waals surface area contributed by atoms with E-state index in [0.717, 1.165) is 6.42 Å². The first kappa shape index (κ1) is 12.1. The van der Waals surface area contributed by atoms with Gasteiger partial charge in [-0.3, -0.25) is 0 Å². The lowest BCUT2D eigenvalue weighted by atomic mass is 10.2. The fourth-order valence-corrected chi connectivity index (χ4v) is 1.03. The van der Waals surface area contributed by atoms with Gasteiger partial charge >= 0.3 is 5.97 Å². The van der Waals surface area contributed by atoms with E-state index in [9.17, 15) is 4.79 Å². The summed E-state index contributed by atoms with van der Waals surface area (Å²) in [6, 6.07) is 8.55. The first-order chi connectivity index (χ1) is 7.76. The fourth-order valence-electron chi connectivity index (χ4n) is 1.03. The van der Waals surface area contributed by atoms with Crippen LogP contribution in [-0.2, 0) is 9.53 Å². The van der Waals surface area contributed by atoms with Crippen molar-refractivity contribution in [1.29, 1.82) is 5.26 Å². The maximum Gasteiger partial charge on any atom is 0.344 e. The molecule has 0 amide bonds. The lowest BCUT2D eigenvalue weighted by Gasteiger charge is -2.05. The molecule has 0 radical (unpaired) electrons. The SMILES string of the molecule is CCCOC(=O)COc1ccc(C#N)cc1. The number of ether oxygens (including phenoxy) is 2. The second-order valence-electron chi connectivity index (χ2n) is 3.15. The van der Waals surface area contributed by atoms with Gasteiger partial charge in [0.1, 0.15) is 5.75 Å². The largest absolute Gasteiger partial charge is 0.482 e. The van der Waals surface area contributed by atoms with Crippen LogP contribution < -0.4 is 4.74 Å². The molecular formula is C12H13NO3. The standard InChI is InChI=1S/C12H13NO3/c1-2-7-15-12(14)9-16-11-5-3-10(8-13)4-6-11/h3-6H,2,7,9H2,1H3. The minimum atomic E-state index is -0.383. The molecule has 0 bridgehead atoms. The molecule has 0 saturated carbocycles. The molecule has 1 aromatic carbocycles. The van der Waals surface area contributed by atoms with Crippen molar-refractivity contribution in [3.8, 4) is 11.8 Å². The van der Waals surface area contributed by atoms with Gasteiger partial charge in [-0.05, 0) is 30.7 Å². The lowest BCUT2D eigenvalue weighted by molar-refractivity contribution is -0.146. The van der Waals surface area contributed by atoms with Crippen LogP contribution in [0.2, 0.25) is 0 Å². The molecule has 84 valence electrons. The van der Waals surface area contributed by atoms with Crippen molar-refractivity contribution in [2.24, 2.45) is 0 Å². The second-order valence-corrected chi connectivity index (χ2v) is 3.15. The Bertz CT molecular complexity index is 378. The first-order valence-corrected chi connectivity index (χ1v) is 5.05. The van der Waals surface area contributed by atoms with Crippen LogP contribution in [0.5, 0.6) is 5.75 Å². The second kappa shape index (κ2) is 6.46. The Balaban J connectivity index is 2.37. The van der Waals surface area contributed by atoms with Crippen LogP contribution in [0, 0.1) is 11.3 Å². The van der Waals surface area contributed by atoms with Crippen LogP contribution >= 0.6 is 0 Å². The van der Waals surface area contributed by atoms with Gasteiger partial charge in [0.15, 0.2) is 6.61 Å². The number of rotatable bonds is 5. The summed E-state index contributed by atoms with van der Waals surface area (Å²) in [7, 11) is 0. The molecule has 0 N–H and O–H groups in total. The number of benzene rings is 1. The fraction of sp³-hybridized carbons (Fsp3) is 0.333. The molecule has 0 heterocycles. The molecule has 0 aliphatic carbocycles. The Morgan fingerprint density at radius 2 is 2.06 bits per heavy atom. The monoisotopic (exact) mass is 219 g/mol. The zero-order chi connectivity index (χ0) is 11.8. The predicted molar refractivity (Wildman–Crippen MR) is 57.9 cm³/mol. The third-order valence-corrected chi connectivity index (χ3v) is 1.81. The van der Waals surface area contributed by atoms with E-state index in [1.54, 1.807) is 24.3 Å². The van der Waals surface area contributed by atoms with Crippen LogP contribution in [0.25, 0.3) is 0 Å². The Kier molecular flexibility index (Phi) is 4.87. The average Bonchev–Trinajstić information content (AvgIpc) is 2.34. The van der Waals surface area contributed by atoms with Crippen molar-refractivity contribution in [3.63, 3.8) is 0 Å². The normalized spacial score (nSPS) is 9.25. The van der Waals surface area contributed by atoms with E-state index in [2.05, 4.69) is 0 Å². The summed E-state index contributed by atoms with van der Waals surface area (Å²) in [6.07, 6.45) is 0.794. The topological polar surface area (TPSA) is 59.3 Å². The molecule has 1 rings (SSSR count). The molecule has 1 aromatic rings. The molecule has 0 spiro atoms. The van der Waals surface area contributed by atoms with Crippen molar-refractivity contribution >= 4 is 5.97 Å². The van der Waals surface area contributed by atoms with E-state index in [1.807, 2.05) is 13.0 Å². The van der Waals surface area contributed by atoms with Gasteiger partial charge < -0.3 is 9.47 Å². The van der Waals surface area contributed by atoms with E-state index in [0.29, 0.717) is 17.9 Å². The maximum absolute atomic E-state index is 11.1.